The maximum atomic E-state index is 5.28. The molecule has 0 fully saturated rings. The molecule has 0 radical (unpaired) electrons. The van der Waals surface area contributed by atoms with Gasteiger partial charge in [-0.05, 0) is 102 Å². The van der Waals surface area contributed by atoms with Gasteiger partial charge in [-0.3, -0.25) is 0 Å². The topological polar surface area (TPSA) is 27.7 Å². The minimum atomic E-state index is 0.368. The lowest BCUT2D eigenvalue weighted by Crippen LogP contribution is -2.06. The Hall–Kier alpha value is -2.46. The second-order valence-corrected chi connectivity index (χ2v) is 15.3. The minimum Gasteiger partial charge on any atom is -0.497 e. The zero-order chi connectivity index (χ0) is 31.1. The van der Waals surface area contributed by atoms with E-state index in [0.29, 0.717) is 16.2 Å². The van der Waals surface area contributed by atoms with E-state index in [1.54, 1.807) is 21.3 Å². The second kappa shape index (κ2) is 17.5. The summed E-state index contributed by atoms with van der Waals surface area (Å²) in [4.78, 5) is 1.51. The van der Waals surface area contributed by atoms with Gasteiger partial charge in [-0.25, -0.2) is 0 Å². The molecule has 1 heterocycles. The van der Waals surface area contributed by atoms with Crippen molar-refractivity contribution in [3.8, 4) is 17.2 Å². The van der Waals surface area contributed by atoms with Crippen LogP contribution in [0.5, 0.6) is 17.2 Å². The van der Waals surface area contributed by atoms with Gasteiger partial charge >= 0.3 is 0 Å². The molecule has 0 spiro atoms. The van der Waals surface area contributed by atoms with Gasteiger partial charge in [-0.2, -0.15) is 0 Å². The molecular formula is C37H58O3S. The van der Waals surface area contributed by atoms with Gasteiger partial charge in [0.25, 0.3) is 0 Å². The van der Waals surface area contributed by atoms with Gasteiger partial charge in [0.1, 0.15) is 5.75 Å². The van der Waals surface area contributed by atoms with Gasteiger partial charge in [0.2, 0.25) is 0 Å². The van der Waals surface area contributed by atoms with E-state index >= 15 is 0 Å². The van der Waals surface area contributed by atoms with Crippen LogP contribution in [0.25, 0.3) is 0 Å². The van der Waals surface area contributed by atoms with E-state index in [-0.39, 0.29) is 0 Å². The summed E-state index contributed by atoms with van der Waals surface area (Å²) in [7, 11) is 5.03. The molecule has 3 rings (SSSR count). The van der Waals surface area contributed by atoms with Crippen LogP contribution in [0.15, 0.2) is 60.0 Å². The highest BCUT2D eigenvalue weighted by Crippen LogP contribution is 2.30. The number of hydrogen-bond donors (Lipinski definition) is 0. The predicted molar refractivity (Wildman–Crippen MR) is 180 cm³/mol. The van der Waals surface area contributed by atoms with Gasteiger partial charge in [-0.1, -0.05) is 86.6 Å². The number of thiophene rings is 1. The third-order valence-corrected chi connectivity index (χ3v) is 7.57. The van der Waals surface area contributed by atoms with Gasteiger partial charge in [0.15, 0.2) is 11.5 Å². The van der Waals surface area contributed by atoms with Gasteiger partial charge in [0, 0.05) is 4.88 Å². The molecule has 3 nitrogen and oxygen atoms in total. The fourth-order valence-corrected chi connectivity index (χ4v) is 4.53. The molecule has 0 aliphatic rings. The monoisotopic (exact) mass is 582 g/mol. The lowest BCUT2D eigenvalue weighted by atomic mass is 9.88. The van der Waals surface area contributed by atoms with Gasteiger partial charge in [0.05, 0.1) is 21.3 Å². The summed E-state index contributed by atoms with van der Waals surface area (Å²) in [5.41, 5.74) is 3.95. The maximum Gasteiger partial charge on any atom is 0.160 e. The molecule has 41 heavy (non-hydrogen) atoms. The second-order valence-electron chi connectivity index (χ2n) is 14.3. The third kappa shape index (κ3) is 17.9. The Morgan fingerprint density at radius 2 is 1.02 bits per heavy atom. The average molecular weight is 583 g/mol. The van der Waals surface area contributed by atoms with Gasteiger partial charge < -0.3 is 14.2 Å². The molecule has 0 saturated heterocycles. The fourth-order valence-electron chi connectivity index (χ4n) is 3.82. The minimum absolute atomic E-state index is 0.368. The quantitative estimate of drug-likeness (QED) is 0.251. The molecule has 230 valence electrons. The maximum absolute atomic E-state index is 5.28. The largest absolute Gasteiger partial charge is 0.497 e. The van der Waals surface area contributed by atoms with Crippen molar-refractivity contribution in [1.82, 2.24) is 0 Å². The summed E-state index contributed by atoms with van der Waals surface area (Å²) < 4.78 is 15.6. The number of methoxy groups -OCH3 is 3. The molecule has 0 amide bonds. The predicted octanol–water partition coefficient (Wildman–Crippen LogP) is 11.1. The zero-order valence-electron chi connectivity index (χ0n) is 28.1. The van der Waals surface area contributed by atoms with Crippen molar-refractivity contribution in [3.05, 3.63) is 76.0 Å². The third-order valence-electron chi connectivity index (χ3n) is 6.64. The Morgan fingerprint density at radius 3 is 1.46 bits per heavy atom. The summed E-state index contributed by atoms with van der Waals surface area (Å²) in [6.07, 6.45) is 7.13. The van der Waals surface area contributed by atoms with Crippen molar-refractivity contribution >= 4 is 11.3 Å². The van der Waals surface area contributed by atoms with Crippen LogP contribution in [0, 0.1) is 16.2 Å². The first-order valence-corrected chi connectivity index (χ1v) is 15.8. The number of hydrogen-bond acceptors (Lipinski definition) is 4. The van der Waals surface area contributed by atoms with E-state index in [0.717, 1.165) is 30.1 Å². The van der Waals surface area contributed by atoms with Crippen molar-refractivity contribution in [2.45, 2.75) is 101 Å². The van der Waals surface area contributed by atoms with Crippen LogP contribution >= 0.6 is 11.3 Å². The highest BCUT2D eigenvalue weighted by atomic mass is 32.1. The van der Waals surface area contributed by atoms with E-state index in [4.69, 9.17) is 14.2 Å². The molecule has 0 aliphatic carbocycles. The molecular weight excluding hydrogens is 524 g/mol. The molecule has 0 aliphatic heterocycles. The van der Waals surface area contributed by atoms with E-state index in [1.807, 2.05) is 29.5 Å². The molecule has 2 aromatic carbocycles. The standard InChI is InChI=1S/C14H22O2.C13H20O.C10H16S/c1-14(2,3)9-8-11-6-7-12(15-4)13(10-11)16-5;1-13(2,3)10-9-11-5-7-12(14-4)8-6-11;1-10(2,3)7-6-9-5-4-8-11-9/h6-7,10H,8-9H2,1-5H3;5-8H,9-10H2,1-4H3;4-5,8H,6-7H2,1-3H3. The Kier molecular flexibility index (Phi) is 15.6. The number of rotatable bonds is 9. The van der Waals surface area contributed by atoms with Crippen LogP contribution in [0.1, 0.15) is 97.6 Å². The SMILES string of the molecule is CC(C)(C)CCc1cccs1.COc1ccc(CCC(C)(C)C)cc1.COc1ccc(CCC(C)(C)C)cc1OC. The summed E-state index contributed by atoms with van der Waals surface area (Å²) in [5, 5.41) is 2.15. The highest BCUT2D eigenvalue weighted by molar-refractivity contribution is 7.09. The number of ether oxygens (including phenoxy) is 3. The Morgan fingerprint density at radius 1 is 0.537 bits per heavy atom. The van der Waals surface area contributed by atoms with Crippen molar-refractivity contribution < 1.29 is 14.2 Å². The summed E-state index contributed by atoms with van der Waals surface area (Å²) >= 11 is 1.86. The fraction of sp³-hybridized carbons (Fsp3) is 0.568. The van der Waals surface area contributed by atoms with E-state index in [2.05, 4.69) is 104 Å². The zero-order valence-corrected chi connectivity index (χ0v) is 29.0. The molecule has 3 aromatic rings. The first-order chi connectivity index (χ1) is 19.0. The summed E-state index contributed by atoms with van der Waals surface area (Å²) in [6.45, 7) is 20.5. The van der Waals surface area contributed by atoms with Crippen molar-refractivity contribution in [3.63, 3.8) is 0 Å². The van der Waals surface area contributed by atoms with Crippen LogP contribution in [-0.2, 0) is 19.3 Å². The van der Waals surface area contributed by atoms with Crippen LogP contribution in [0.3, 0.4) is 0 Å². The van der Waals surface area contributed by atoms with Crippen molar-refractivity contribution in [2.75, 3.05) is 21.3 Å². The Labute approximate surface area is 256 Å². The van der Waals surface area contributed by atoms with Crippen LogP contribution in [0.2, 0.25) is 0 Å². The molecule has 1 aromatic heterocycles. The van der Waals surface area contributed by atoms with E-state index in [9.17, 15) is 0 Å². The number of aryl methyl sites for hydroxylation is 3. The first-order valence-electron chi connectivity index (χ1n) is 14.9. The summed E-state index contributed by atoms with van der Waals surface area (Å²) in [6, 6.07) is 18.8. The van der Waals surface area contributed by atoms with Crippen LogP contribution < -0.4 is 14.2 Å². The van der Waals surface area contributed by atoms with Gasteiger partial charge in [-0.15, -0.1) is 11.3 Å². The molecule has 0 unspecified atom stereocenters. The summed E-state index contributed by atoms with van der Waals surface area (Å²) in [5.74, 6) is 2.54. The normalized spacial score (nSPS) is 11.5. The molecule has 0 N–H and O–H groups in total. The molecule has 4 heteroatoms. The van der Waals surface area contributed by atoms with Crippen LogP contribution in [-0.4, -0.2) is 21.3 Å². The highest BCUT2D eigenvalue weighted by Gasteiger charge is 2.12. The van der Waals surface area contributed by atoms with Crippen LogP contribution in [0.4, 0.5) is 0 Å². The van der Waals surface area contributed by atoms with E-state index in [1.165, 1.54) is 41.7 Å². The average Bonchev–Trinajstić information content (AvgIpc) is 3.43. The van der Waals surface area contributed by atoms with Crippen molar-refractivity contribution in [1.29, 1.82) is 0 Å². The lowest BCUT2D eigenvalue weighted by Gasteiger charge is -2.18. The first kappa shape index (κ1) is 36.6. The molecule has 0 saturated carbocycles. The lowest BCUT2D eigenvalue weighted by molar-refractivity contribution is 0.353. The Bertz CT molecular complexity index is 1080. The molecule has 0 atom stereocenters. The van der Waals surface area contributed by atoms with E-state index < -0.39 is 0 Å². The molecule has 0 bridgehead atoms. The number of benzene rings is 2. The Balaban J connectivity index is 0.000000313. The smallest absolute Gasteiger partial charge is 0.160 e. The van der Waals surface area contributed by atoms with Crippen molar-refractivity contribution in [2.24, 2.45) is 16.2 Å².